The fourth-order valence-corrected chi connectivity index (χ4v) is 1.56. The number of hydrogen-bond acceptors (Lipinski definition) is 2. The van der Waals surface area contributed by atoms with Gasteiger partial charge in [-0.1, -0.05) is 0 Å². The van der Waals surface area contributed by atoms with Gasteiger partial charge < -0.3 is 5.73 Å². The SMILES string of the molecule is Nc1cc(F)cc2c1CCC2=O. The fourth-order valence-electron chi connectivity index (χ4n) is 1.56. The number of fused-ring (bicyclic) bond motifs is 1. The lowest BCUT2D eigenvalue weighted by Crippen LogP contribution is -1.97. The van der Waals surface area contributed by atoms with Crippen LogP contribution in [0.15, 0.2) is 12.1 Å². The van der Waals surface area contributed by atoms with Crippen LogP contribution in [-0.4, -0.2) is 5.78 Å². The standard InChI is InChI=1S/C9H8FNO/c10-5-3-7-6(8(11)4-5)1-2-9(7)12/h3-4H,1-2,11H2. The maximum absolute atomic E-state index is 12.8. The molecule has 1 aliphatic rings. The van der Waals surface area contributed by atoms with Crippen LogP contribution >= 0.6 is 0 Å². The average Bonchev–Trinajstić information content (AvgIpc) is 2.33. The van der Waals surface area contributed by atoms with Crippen molar-refractivity contribution in [3.05, 3.63) is 29.1 Å². The Morgan fingerprint density at radius 3 is 2.83 bits per heavy atom. The topological polar surface area (TPSA) is 43.1 Å². The summed E-state index contributed by atoms with van der Waals surface area (Å²) in [6.07, 6.45) is 1.11. The first-order chi connectivity index (χ1) is 5.68. The lowest BCUT2D eigenvalue weighted by Gasteiger charge is -2.01. The molecule has 0 aromatic heterocycles. The van der Waals surface area contributed by atoms with Crippen LogP contribution < -0.4 is 5.73 Å². The van der Waals surface area contributed by atoms with Gasteiger partial charge in [0.15, 0.2) is 5.78 Å². The third kappa shape index (κ3) is 0.897. The maximum atomic E-state index is 12.8. The van der Waals surface area contributed by atoms with Crippen molar-refractivity contribution in [2.45, 2.75) is 12.8 Å². The summed E-state index contributed by atoms with van der Waals surface area (Å²) >= 11 is 0. The van der Waals surface area contributed by atoms with Crippen LogP contribution in [0.2, 0.25) is 0 Å². The fraction of sp³-hybridized carbons (Fsp3) is 0.222. The minimum absolute atomic E-state index is 0.00352. The lowest BCUT2D eigenvalue weighted by molar-refractivity contribution is 0.0994. The molecule has 0 atom stereocenters. The molecule has 0 fully saturated rings. The third-order valence-corrected chi connectivity index (χ3v) is 2.15. The van der Waals surface area contributed by atoms with Gasteiger partial charge in [0.1, 0.15) is 5.82 Å². The van der Waals surface area contributed by atoms with Crippen LogP contribution in [-0.2, 0) is 6.42 Å². The van der Waals surface area contributed by atoms with Crippen LogP contribution in [0.5, 0.6) is 0 Å². The van der Waals surface area contributed by atoms with Crippen LogP contribution in [0.4, 0.5) is 10.1 Å². The van der Waals surface area contributed by atoms with Gasteiger partial charge in [-0.3, -0.25) is 4.79 Å². The Morgan fingerprint density at radius 1 is 1.33 bits per heavy atom. The minimum atomic E-state index is -0.429. The monoisotopic (exact) mass is 165 g/mol. The smallest absolute Gasteiger partial charge is 0.163 e. The Labute approximate surface area is 69.2 Å². The van der Waals surface area contributed by atoms with Gasteiger partial charge in [0, 0.05) is 17.7 Å². The number of halogens is 1. The number of rotatable bonds is 0. The predicted molar refractivity (Wildman–Crippen MR) is 43.5 cm³/mol. The molecule has 3 heteroatoms. The van der Waals surface area contributed by atoms with Gasteiger partial charge in [0.05, 0.1) is 0 Å². The molecule has 2 rings (SSSR count). The highest BCUT2D eigenvalue weighted by Gasteiger charge is 2.22. The highest BCUT2D eigenvalue weighted by atomic mass is 19.1. The summed E-state index contributed by atoms with van der Waals surface area (Å²) in [6, 6.07) is 2.53. The first-order valence-electron chi connectivity index (χ1n) is 3.79. The summed E-state index contributed by atoms with van der Waals surface area (Å²) in [4.78, 5) is 11.1. The quantitative estimate of drug-likeness (QED) is 0.592. The Bertz CT molecular complexity index is 360. The number of ketones is 1. The Hall–Kier alpha value is -1.38. The first-order valence-corrected chi connectivity index (χ1v) is 3.79. The molecule has 62 valence electrons. The molecule has 0 unspecified atom stereocenters. The molecule has 1 aliphatic carbocycles. The first kappa shape index (κ1) is 7.28. The normalized spacial score (nSPS) is 14.9. The number of carbonyl (C=O) groups is 1. The molecule has 2 N–H and O–H groups in total. The summed E-state index contributed by atoms with van der Waals surface area (Å²) in [5, 5.41) is 0. The van der Waals surface area contributed by atoms with E-state index in [0.29, 0.717) is 24.1 Å². The van der Waals surface area contributed by atoms with Gasteiger partial charge in [-0.05, 0) is 24.1 Å². The Kier molecular flexibility index (Phi) is 1.40. The summed E-state index contributed by atoms with van der Waals surface area (Å²) in [6.45, 7) is 0. The zero-order chi connectivity index (χ0) is 8.72. The second kappa shape index (κ2) is 2.30. The van der Waals surface area contributed by atoms with E-state index < -0.39 is 5.82 Å². The molecular weight excluding hydrogens is 157 g/mol. The van der Waals surface area contributed by atoms with Gasteiger partial charge in [0.2, 0.25) is 0 Å². The Morgan fingerprint density at radius 2 is 2.08 bits per heavy atom. The summed E-state index contributed by atoms with van der Waals surface area (Å²) in [5.74, 6) is -0.433. The summed E-state index contributed by atoms with van der Waals surface area (Å²) in [7, 11) is 0. The molecule has 1 aromatic carbocycles. The summed E-state index contributed by atoms with van der Waals surface area (Å²) < 4.78 is 12.8. The molecule has 0 aliphatic heterocycles. The zero-order valence-electron chi connectivity index (χ0n) is 6.43. The van der Waals surface area contributed by atoms with Gasteiger partial charge >= 0.3 is 0 Å². The second-order valence-corrected chi connectivity index (χ2v) is 2.94. The molecule has 0 saturated carbocycles. The van der Waals surface area contributed by atoms with Gasteiger partial charge in [0.25, 0.3) is 0 Å². The van der Waals surface area contributed by atoms with Gasteiger partial charge in [-0.25, -0.2) is 4.39 Å². The highest BCUT2D eigenvalue weighted by molar-refractivity contribution is 6.01. The molecule has 0 amide bonds. The molecule has 0 spiro atoms. The molecular formula is C9H8FNO. The second-order valence-electron chi connectivity index (χ2n) is 2.94. The number of benzene rings is 1. The molecule has 0 radical (unpaired) electrons. The van der Waals surface area contributed by atoms with Crippen molar-refractivity contribution in [3.8, 4) is 0 Å². The van der Waals surface area contributed by atoms with E-state index in [4.69, 9.17) is 5.73 Å². The molecule has 0 heterocycles. The van der Waals surface area contributed by atoms with Crippen molar-refractivity contribution in [2.24, 2.45) is 0 Å². The number of carbonyl (C=O) groups excluding carboxylic acids is 1. The van der Waals surface area contributed by atoms with Crippen LogP contribution in [0, 0.1) is 5.82 Å². The van der Waals surface area contributed by atoms with Crippen molar-refractivity contribution >= 4 is 11.5 Å². The molecule has 0 saturated heterocycles. The van der Waals surface area contributed by atoms with Crippen LogP contribution in [0.1, 0.15) is 22.3 Å². The van der Waals surface area contributed by atoms with Crippen molar-refractivity contribution in [2.75, 3.05) is 5.73 Å². The number of Topliss-reactive ketones (excluding diaryl/α,β-unsaturated/α-hetero) is 1. The number of hydrogen-bond donors (Lipinski definition) is 1. The van der Waals surface area contributed by atoms with E-state index in [1.807, 2.05) is 0 Å². The lowest BCUT2D eigenvalue weighted by atomic mass is 10.1. The third-order valence-electron chi connectivity index (χ3n) is 2.15. The average molecular weight is 165 g/mol. The number of nitrogen functional groups attached to an aromatic ring is 1. The van der Waals surface area contributed by atoms with E-state index in [1.165, 1.54) is 12.1 Å². The van der Waals surface area contributed by atoms with Crippen molar-refractivity contribution < 1.29 is 9.18 Å². The van der Waals surface area contributed by atoms with E-state index in [9.17, 15) is 9.18 Å². The van der Waals surface area contributed by atoms with Crippen LogP contribution in [0.3, 0.4) is 0 Å². The predicted octanol–water partition coefficient (Wildman–Crippen LogP) is 1.54. The molecule has 0 bridgehead atoms. The van der Waals surface area contributed by atoms with E-state index >= 15 is 0 Å². The van der Waals surface area contributed by atoms with Crippen molar-refractivity contribution in [1.29, 1.82) is 0 Å². The molecule has 2 nitrogen and oxygen atoms in total. The largest absolute Gasteiger partial charge is 0.398 e. The van der Waals surface area contributed by atoms with Crippen molar-refractivity contribution in [1.82, 2.24) is 0 Å². The maximum Gasteiger partial charge on any atom is 0.163 e. The van der Waals surface area contributed by atoms with Crippen molar-refractivity contribution in [3.63, 3.8) is 0 Å². The highest BCUT2D eigenvalue weighted by Crippen LogP contribution is 2.27. The molecule has 12 heavy (non-hydrogen) atoms. The Balaban J connectivity index is 2.68. The van der Waals surface area contributed by atoms with E-state index in [2.05, 4.69) is 0 Å². The van der Waals surface area contributed by atoms with Crippen LogP contribution in [0.25, 0.3) is 0 Å². The zero-order valence-corrected chi connectivity index (χ0v) is 6.43. The summed E-state index contributed by atoms with van der Waals surface area (Å²) in [5.41, 5.74) is 7.21. The van der Waals surface area contributed by atoms with Gasteiger partial charge in [-0.2, -0.15) is 0 Å². The van der Waals surface area contributed by atoms with E-state index in [0.717, 1.165) is 5.56 Å². The number of anilines is 1. The van der Waals surface area contributed by atoms with Gasteiger partial charge in [-0.15, -0.1) is 0 Å². The number of nitrogens with two attached hydrogens (primary N) is 1. The van der Waals surface area contributed by atoms with E-state index in [1.54, 1.807) is 0 Å². The van der Waals surface area contributed by atoms with E-state index in [-0.39, 0.29) is 5.78 Å². The minimum Gasteiger partial charge on any atom is -0.398 e. The molecule has 1 aromatic rings.